The third-order valence-electron chi connectivity index (χ3n) is 7.30. The minimum absolute atomic E-state index is 0.131. The summed E-state index contributed by atoms with van der Waals surface area (Å²) in [7, 11) is 1.63. The molecule has 0 bridgehead atoms. The lowest BCUT2D eigenvalue weighted by Gasteiger charge is -2.32. The number of halogens is 2. The second-order valence-corrected chi connectivity index (χ2v) is 11.1. The maximum Gasteiger partial charge on any atom is 0.314 e. The number of carbonyl (C=O) groups is 1. The number of rotatable bonds is 8. The van der Waals surface area contributed by atoms with Crippen LogP contribution < -0.4 is 25.6 Å². The van der Waals surface area contributed by atoms with Crippen molar-refractivity contribution in [2.24, 2.45) is 5.92 Å². The van der Waals surface area contributed by atoms with E-state index < -0.39 is 0 Å². The Balaban J connectivity index is 1.31. The molecule has 2 fully saturated rings. The zero-order valence-corrected chi connectivity index (χ0v) is 24.1. The fourth-order valence-corrected chi connectivity index (χ4v) is 5.65. The van der Waals surface area contributed by atoms with E-state index in [9.17, 15) is 4.79 Å². The van der Waals surface area contributed by atoms with Gasteiger partial charge in [0.25, 0.3) is 0 Å². The van der Waals surface area contributed by atoms with E-state index in [4.69, 9.17) is 32.9 Å². The van der Waals surface area contributed by atoms with Crippen LogP contribution in [0.5, 0.6) is 11.6 Å². The Bertz CT molecular complexity index is 1270. The second kappa shape index (κ2) is 13.5. The van der Waals surface area contributed by atoms with Gasteiger partial charge in [-0.1, -0.05) is 23.2 Å². The summed E-state index contributed by atoms with van der Waals surface area (Å²) >= 11 is 12.6. The molecule has 4 heterocycles. The van der Waals surface area contributed by atoms with E-state index in [-0.39, 0.29) is 6.03 Å². The monoisotopic (exact) mass is 583 g/mol. The topological polar surface area (TPSA) is 94.7 Å². The van der Waals surface area contributed by atoms with Crippen molar-refractivity contribution < 1.29 is 9.53 Å². The molecule has 0 spiro atoms. The van der Waals surface area contributed by atoms with E-state index >= 15 is 0 Å². The van der Waals surface area contributed by atoms with Gasteiger partial charge in [0, 0.05) is 68.0 Å². The first kappa shape index (κ1) is 28.4. The Morgan fingerprint density at radius 1 is 1.05 bits per heavy atom. The molecule has 9 nitrogen and oxygen atoms in total. The molecular weight excluding hydrogens is 549 g/mol. The van der Waals surface area contributed by atoms with E-state index in [1.165, 1.54) is 0 Å². The van der Waals surface area contributed by atoms with Gasteiger partial charge in [0.1, 0.15) is 11.6 Å². The van der Waals surface area contributed by atoms with Crippen molar-refractivity contribution in [3.05, 3.63) is 64.3 Å². The van der Waals surface area contributed by atoms with E-state index in [1.54, 1.807) is 19.3 Å². The number of amides is 2. The minimum atomic E-state index is -0.131. The van der Waals surface area contributed by atoms with Crippen LogP contribution >= 0.6 is 23.2 Å². The molecule has 0 saturated carbocycles. The Morgan fingerprint density at radius 2 is 1.80 bits per heavy atom. The molecule has 212 valence electrons. The smallest absolute Gasteiger partial charge is 0.314 e. The number of carbonyl (C=O) groups excluding carboxylic acids is 1. The molecule has 2 saturated heterocycles. The summed E-state index contributed by atoms with van der Waals surface area (Å²) in [4.78, 5) is 25.6. The predicted octanol–water partition coefficient (Wildman–Crippen LogP) is 4.79. The van der Waals surface area contributed by atoms with Gasteiger partial charge in [-0.05, 0) is 73.8 Å². The SMILES string of the molecule is CNC(=O)NCC1CCN(Cc2cc(Oc3ccc(N4CCNCC4)nc3)nc(-c3cc(Cl)cc(Cl)c3)c2)CC1. The second-order valence-electron chi connectivity index (χ2n) is 10.2. The van der Waals surface area contributed by atoms with Crippen LogP contribution in [0.4, 0.5) is 10.6 Å². The molecule has 2 amide bonds. The number of hydrogen-bond acceptors (Lipinski definition) is 7. The van der Waals surface area contributed by atoms with Crippen molar-refractivity contribution in [1.29, 1.82) is 0 Å². The Kier molecular flexibility index (Phi) is 9.59. The standard InChI is InChI=1S/C29H35Cl2N7O2/c1-32-29(39)35-17-20-4-8-37(9-5-20)19-21-12-26(22-14-23(30)16-24(31)15-22)36-28(13-21)40-25-2-3-27(34-18-25)38-10-6-33-7-11-38/h2-3,12-16,18,20,33H,4-11,17,19H2,1H3,(H2,32,35,39). The summed E-state index contributed by atoms with van der Waals surface area (Å²) < 4.78 is 6.22. The van der Waals surface area contributed by atoms with Gasteiger partial charge in [0.15, 0.2) is 0 Å². The number of hydrogen-bond donors (Lipinski definition) is 3. The third-order valence-corrected chi connectivity index (χ3v) is 7.73. The molecule has 2 aromatic heterocycles. The van der Waals surface area contributed by atoms with Crippen molar-refractivity contribution >= 4 is 35.1 Å². The summed E-state index contributed by atoms with van der Waals surface area (Å²) in [6.45, 7) is 7.14. The summed E-state index contributed by atoms with van der Waals surface area (Å²) in [5.74, 6) is 2.54. The highest BCUT2D eigenvalue weighted by Crippen LogP contribution is 2.31. The van der Waals surface area contributed by atoms with E-state index in [0.717, 1.165) is 81.3 Å². The van der Waals surface area contributed by atoms with Crippen LogP contribution in [-0.2, 0) is 6.54 Å². The van der Waals surface area contributed by atoms with Crippen molar-refractivity contribution in [2.75, 3.05) is 57.8 Å². The Morgan fingerprint density at radius 3 is 2.48 bits per heavy atom. The minimum Gasteiger partial charge on any atom is -0.437 e. The molecule has 2 aliphatic rings. The molecular formula is C29H35Cl2N7O2. The molecule has 0 radical (unpaired) electrons. The van der Waals surface area contributed by atoms with Gasteiger partial charge in [0.05, 0.1) is 11.9 Å². The van der Waals surface area contributed by atoms with Crippen LogP contribution in [0.15, 0.2) is 48.7 Å². The first-order valence-corrected chi connectivity index (χ1v) is 14.5. The predicted molar refractivity (Wildman–Crippen MR) is 160 cm³/mol. The summed E-state index contributed by atoms with van der Waals surface area (Å²) in [5, 5.41) is 10.0. The molecule has 2 aliphatic heterocycles. The number of nitrogens with zero attached hydrogens (tertiary/aromatic N) is 4. The fraction of sp³-hybridized carbons (Fsp3) is 0.414. The third kappa shape index (κ3) is 7.75. The molecule has 3 N–H and O–H groups in total. The Labute approximate surface area is 245 Å². The summed E-state index contributed by atoms with van der Waals surface area (Å²) in [5.41, 5.74) is 2.66. The highest BCUT2D eigenvalue weighted by molar-refractivity contribution is 6.35. The molecule has 1 aromatic carbocycles. The molecule has 5 rings (SSSR count). The average Bonchev–Trinajstić information content (AvgIpc) is 2.97. The number of pyridine rings is 2. The maximum absolute atomic E-state index is 11.5. The molecule has 40 heavy (non-hydrogen) atoms. The average molecular weight is 585 g/mol. The number of likely N-dealkylation sites (tertiary alicyclic amines) is 1. The molecule has 11 heteroatoms. The maximum atomic E-state index is 11.5. The van der Waals surface area contributed by atoms with Gasteiger partial charge in [-0.3, -0.25) is 4.90 Å². The number of ether oxygens (including phenoxy) is 1. The number of nitrogens with one attached hydrogen (secondary N) is 3. The van der Waals surface area contributed by atoms with Crippen LogP contribution in [0.2, 0.25) is 10.0 Å². The van der Waals surface area contributed by atoms with Gasteiger partial charge < -0.3 is 25.6 Å². The lowest BCUT2D eigenvalue weighted by molar-refractivity contribution is 0.175. The Hall–Kier alpha value is -3.11. The number of aromatic nitrogens is 2. The van der Waals surface area contributed by atoms with E-state index in [0.29, 0.717) is 34.1 Å². The van der Waals surface area contributed by atoms with Crippen LogP contribution in [0, 0.1) is 5.92 Å². The first-order chi connectivity index (χ1) is 19.4. The zero-order chi connectivity index (χ0) is 27.9. The molecule has 0 aliphatic carbocycles. The lowest BCUT2D eigenvalue weighted by Crippen LogP contribution is -2.43. The lowest BCUT2D eigenvalue weighted by atomic mass is 9.96. The van der Waals surface area contributed by atoms with Crippen LogP contribution in [0.3, 0.4) is 0 Å². The van der Waals surface area contributed by atoms with Gasteiger partial charge in [-0.2, -0.15) is 0 Å². The van der Waals surface area contributed by atoms with E-state index in [1.807, 2.05) is 30.3 Å². The normalized spacial score (nSPS) is 16.5. The van der Waals surface area contributed by atoms with Gasteiger partial charge in [-0.25, -0.2) is 14.8 Å². The molecule has 0 atom stereocenters. The van der Waals surface area contributed by atoms with Crippen LogP contribution in [-0.4, -0.2) is 73.8 Å². The zero-order valence-electron chi connectivity index (χ0n) is 22.6. The highest BCUT2D eigenvalue weighted by atomic mass is 35.5. The highest BCUT2D eigenvalue weighted by Gasteiger charge is 2.21. The quantitative estimate of drug-likeness (QED) is 0.351. The number of piperidine rings is 1. The summed E-state index contributed by atoms with van der Waals surface area (Å²) in [6, 6.07) is 13.3. The molecule has 3 aromatic rings. The van der Waals surface area contributed by atoms with E-state index in [2.05, 4.69) is 36.8 Å². The van der Waals surface area contributed by atoms with Crippen molar-refractivity contribution in [3.8, 4) is 22.9 Å². The van der Waals surface area contributed by atoms with Crippen LogP contribution in [0.25, 0.3) is 11.3 Å². The van der Waals surface area contributed by atoms with Crippen LogP contribution in [0.1, 0.15) is 18.4 Å². The number of urea groups is 1. The van der Waals surface area contributed by atoms with Crippen molar-refractivity contribution in [2.45, 2.75) is 19.4 Å². The first-order valence-electron chi connectivity index (χ1n) is 13.7. The molecule has 0 unspecified atom stereocenters. The fourth-order valence-electron chi connectivity index (χ4n) is 5.12. The van der Waals surface area contributed by atoms with Gasteiger partial charge >= 0.3 is 6.03 Å². The number of benzene rings is 1. The van der Waals surface area contributed by atoms with Crippen molar-refractivity contribution in [3.63, 3.8) is 0 Å². The largest absolute Gasteiger partial charge is 0.437 e. The summed E-state index contributed by atoms with van der Waals surface area (Å²) in [6.07, 6.45) is 3.81. The number of anilines is 1. The van der Waals surface area contributed by atoms with Crippen molar-refractivity contribution in [1.82, 2.24) is 30.8 Å². The van der Waals surface area contributed by atoms with Gasteiger partial charge in [0.2, 0.25) is 5.88 Å². The van der Waals surface area contributed by atoms with Gasteiger partial charge in [-0.15, -0.1) is 0 Å². The number of piperazine rings is 1.